The lowest BCUT2D eigenvalue weighted by Crippen LogP contribution is -1.90. The molecule has 0 radical (unpaired) electrons. The van der Waals surface area contributed by atoms with Crippen LogP contribution < -0.4 is 0 Å². The number of pyridine rings is 1. The average molecular weight is 534 g/mol. The first-order valence-electron chi connectivity index (χ1n) is 14.2. The predicted octanol–water partition coefficient (Wildman–Crippen LogP) is 10.1. The van der Waals surface area contributed by atoms with Gasteiger partial charge in [0.25, 0.3) is 0 Å². The topological polar surface area (TPSA) is 38.7 Å². The molecule has 9 aromatic rings. The van der Waals surface area contributed by atoms with Crippen molar-refractivity contribution in [2.24, 2.45) is 0 Å². The second kappa shape index (κ2) is 8.92. The zero-order valence-electron chi connectivity index (χ0n) is 22.6. The minimum Gasteiger partial charge on any atom is -0.264 e. The Kier molecular flexibility index (Phi) is 4.90. The SMILES string of the molecule is c1cncc(-c2ccc3ccc4c(-c5cccc(-c6ccc7nc8ccccc8nc7c6)c5)ccc5ccc2c3c54)c1. The van der Waals surface area contributed by atoms with Crippen LogP contribution in [0.2, 0.25) is 0 Å². The van der Waals surface area contributed by atoms with Gasteiger partial charge in [0.05, 0.1) is 22.1 Å². The van der Waals surface area contributed by atoms with E-state index in [4.69, 9.17) is 9.97 Å². The molecule has 0 bridgehead atoms. The summed E-state index contributed by atoms with van der Waals surface area (Å²) in [6, 6.07) is 45.4. The summed E-state index contributed by atoms with van der Waals surface area (Å²) in [5.41, 5.74) is 10.7. The largest absolute Gasteiger partial charge is 0.264 e. The van der Waals surface area contributed by atoms with Crippen molar-refractivity contribution in [3.05, 3.63) is 140 Å². The van der Waals surface area contributed by atoms with Gasteiger partial charge in [-0.15, -0.1) is 0 Å². The molecule has 0 N–H and O–H groups in total. The molecule has 194 valence electrons. The van der Waals surface area contributed by atoms with Crippen LogP contribution in [-0.2, 0) is 0 Å². The van der Waals surface area contributed by atoms with Crippen molar-refractivity contribution in [2.45, 2.75) is 0 Å². The average Bonchev–Trinajstić information content (AvgIpc) is 3.06. The third-order valence-corrected chi connectivity index (χ3v) is 8.48. The van der Waals surface area contributed by atoms with E-state index >= 15 is 0 Å². The van der Waals surface area contributed by atoms with E-state index in [2.05, 4.69) is 102 Å². The molecule has 42 heavy (non-hydrogen) atoms. The van der Waals surface area contributed by atoms with Crippen molar-refractivity contribution in [3.63, 3.8) is 0 Å². The summed E-state index contributed by atoms with van der Waals surface area (Å²) >= 11 is 0. The van der Waals surface area contributed by atoms with Crippen LogP contribution in [0.1, 0.15) is 0 Å². The minimum absolute atomic E-state index is 0.906. The van der Waals surface area contributed by atoms with E-state index in [0.717, 1.165) is 38.8 Å². The lowest BCUT2D eigenvalue weighted by molar-refractivity contribution is 1.33. The smallest absolute Gasteiger partial charge is 0.0900 e. The Balaban J connectivity index is 1.22. The maximum Gasteiger partial charge on any atom is 0.0900 e. The van der Waals surface area contributed by atoms with Gasteiger partial charge >= 0.3 is 0 Å². The van der Waals surface area contributed by atoms with Crippen LogP contribution in [-0.4, -0.2) is 15.0 Å². The Hall–Kier alpha value is -5.67. The number of benzene rings is 7. The molecule has 0 spiro atoms. The van der Waals surface area contributed by atoms with Crippen LogP contribution in [0.15, 0.2) is 140 Å². The van der Waals surface area contributed by atoms with Crippen LogP contribution >= 0.6 is 0 Å². The summed E-state index contributed by atoms with van der Waals surface area (Å²) in [6.07, 6.45) is 3.77. The highest BCUT2D eigenvalue weighted by Crippen LogP contribution is 2.42. The third kappa shape index (κ3) is 3.50. The molecule has 0 atom stereocenters. The lowest BCUT2D eigenvalue weighted by Gasteiger charge is -2.17. The maximum atomic E-state index is 4.89. The van der Waals surface area contributed by atoms with Gasteiger partial charge in [0.2, 0.25) is 0 Å². The second-order valence-electron chi connectivity index (χ2n) is 10.9. The van der Waals surface area contributed by atoms with E-state index < -0.39 is 0 Å². The molecule has 0 saturated heterocycles. The molecular formula is C39H23N3. The molecule has 0 fully saturated rings. The van der Waals surface area contributed by atoms with E-state index in [1.807, 2.05) is 42.7 Å². The Morgan fingerprint density at radius 2 is 0.976 bits per heavy atom. The summed E-state index contributed by atoms with van der Waals surface area (Å²) in [5, 5.41) is 7.66. The Morgan fingerprint density at radius 3 is 1.69 bits per heavy atom. The van der Waals surface area contributed by atoms with Crippen LogP contribution in [0.25, 0.3) is 87.8 Å². The lowest BCUT2D eigenvalue weighted by atomic mass is 9.87. The second-order valence-corrected chi connectivity index (χ2v) is 10.9. The zero-order chi connectivity index (χ0) is 27.6. The van der Waals surface area contributed by atoms with Crippen LogP contribution in [0.4, 0.5) is 0 Å². The molecule has 2 heterocycles. The van der Waals surface area contributed by atoms with Crippen molar-refractivity contribution in [3.8, 4) is 33.4 Å². The summed E-state index contributed by atoms with van der Waals surface area (Å²) in [5.74, 6) is 0. The highest BCUT2D eigenvalue weighted by atomic mass is 14.8. The van der Waals surface area contributed by atoms with E-state index in [9.17, 15) is 0 Å². The quantitative estimate of drug-likeness (QED) is 0.167. The van der Waals surface area contributed by atoms with Gasteiger partial charge in [-0.3, -0.25) is 4.98 Å². The molecule has 3 nitrogen and oxygen atoms in total. The first-order valence-corrected chi connectivity index (χ1v) is 14.2. The summed E-state index contributed by atoms with van der Waals surface area (Å²) < 4.78 is 0. The number of fused-ring (bicyclic) bond motifs is 2. The van der Waals surface area contributed by atoms with Crippen LogP contribution in [0.5, 0.6) is 0 Å². The van der Waals surface area contributed by atoms with Crippen molar-refractivity contribution in [2.75, 3.05) is 0 Å². The van der Waals surface area contributed by atoms with Crippen molar-refractivity contribution >= 4 is 54.4 Å². The zero-order valence-corrected chi connectivity index (χ0v) is 22.6. The first-order chi connectivity index (χ1) is 20.8. The number of hydrogen-bond acceptors (Lipinski definition) is 3. The van der Waals surface area contributed by atoms with Gasteiger partial charge < -0.3 is 0 Å². The highest BCUT2D eigenvalue weighted by Gasteiger charge is 2.15. The molecule has 0 amide bonds. The normalized spacial score (nSPS) is 11.8. The van der Waals surface area contributed by atoms with Crippen molar-refractivity contribution < 1.29 is 0 Å². The Bertz CT molecular complexity index is 2460. The predicted molar refractivity (Wildman–Crippen MR) is 175 cm³/mol. The number of para-hydroxylation sites is 2. The molecular weight excluding hydrogens is 510 g/mol. The molecule has 0 aliphatic carbocycles. The third-order valence-electron chi connectivity index (χ3n) is 8.48. The fourth-order valence-corrected chi connectivity index (χ4v) is 6.49. The molecule has 9 rings (SSSR count). The van der Waals surface area contributed by atoms with Gasteiger partial charge in [-0.1, -0.05) is 91.0 Å². The molecule has 0 aliphatic rings. The van der Waals surface area contributed by atoms with Crippen LogP contribution in [0, 0.1) is 0 Å². The number of rotatable bonds is 3. The molecule has 3 heteroatoms. The molecule has 0 saturated carbocycles. The number of hydrogen-bond donors (Lipinski definition) is 0. The summed E-state index contributed by atoms with van der Waals surface area (Å²) in [6.45, 7) is 0. The fraction of sp³-hybridized carbons (Fsp3) is 0. The Labute approximate surface area is 242 Å². The van der Waals surface area contributed by atoms with E-state index in [1.54, 1.807) is 0 Å². The van der Waals surface area contributed by atoms with Crippen LogP contribution in [0.3, 0.4) is 0 Å². The van der Waals surface area contributed by atoms with Gasteiger partial charge in [0.15, 0.2) is 0 Å². The van der Waals surface area contributed by atoms with Crippen molar-refractivity contribution in [1.82, 2.24) is 15.0 Å². The first kappa shape index (κ1) is 23.1. The summed E-state index contributed by atoms with van der Waals surface area (Å²) in [4.78, 5) is 14.1. The van der Waals surface area contributed by atoms with Gasteiger partial charge in [-0.25, -0.2) is 9.97 Å². The van der Waals surface area contributed by atoms with Crippen molar-refractivity contribution in [1.29, 1.82) is 0 Å². The Morgan fingerprint density at radius 1 is 0.381 bits per heavy atom. The molecule has 7 aromatic carbocycles. The fourth-order valence-electron chi connectivity index (χ4n) is 6.49. The van der Waals surface area contributed by atoms with Gasteiger partial charge in [-0.05, 0) is 96.5 Å². The molecule has 0 unspecified atom stereocenters. The van der Waals surface area contributed by atoms with Gasteiger partial charge in [-0.2, -0.15) is 0 Å². The van der Waals surface area contributed by atoms with Gasteiger partial charge in [0, 0.05) is 18.0 Å². The molecule has 0 aliphatic heterocycles. The number of aromatic nitrogens is 3. The van der Waals surface area contributed by atoms with E-state index in [0.29, 0.717) is 0 Å². The number of nitrogens with zero attached hydrogens (tertiary/aromatic N) is 3. The highest BCUT2D eigenvalue weighted by molar-refractivity contribution is 6.27. The molecule has 2 aromatic heterocycles. The monoisotopic (exact) mass is 533 g/mol. The maximum absolute atomic E-state index is 4.89. The summed E-state index contributed by atoms with van der Waals surface area (Å²) in [7, 11) is 0. The van der Waals surface area contributed by atoms with E-state index in [1.165, 1.54) is 49.0 Å². The standard InChI is InChI=1S/C39H23N3/c1-2-9-35-34(8-1)41-36-19-14-27(22-37(36)42-35)26-5-3-6-28(21-26)30-15-10-24-13-18-33-31(29-7-4-20-40-23-29)16-11-25-12-17-32(30)38(24)39(25)33/h1-23H. The minimum atomic E-state index is 0.906. The van der Waals surface area contributed by atoms with Gasteiger partial charge in [0.1, 0.15) is 0 Å². The van der Waals surface area contributed by atoms with E-state index in [-0.39, 0.29) is 0 Å².